The summed E-state index contributed by atoms with van der Waals surface area (Å²) in [6.45, 7) is 1.59. The molecule has 0 aliphatic rings. The van der Waals surface area contributed by atoms with Crippen LogP contribution in [0, 0.1) is 0 Å². The first kappa shape index (κ1) is 12.1. The number of halogens is 3. The van der Waals surface area contributed by atoms with Crippen molar-refractivity contribution in [2.45, 2.75) is 19.1 Å². The van der Waals surface area contributed by atoms with Crippen LogP contribution < -0.4 is 5.73 Å². The summed E-state index contributed by atoms with van der Waals surface area (Å²) in [5.41, 5.74) is 6.31. The largest absolute Gasteiger partial charge is 0.391 e. The molecule has 0 saturated heterocycles. The molecule has 0 aliphatic carbocycles. The van der Waals surface area contributed by atoms with Gasteiger partial charge in [-0.2, -0.15) is 0 Å². The molecule has 2 nitrogen and oxygen atoms in total. The summed E-state index contributed by atoms with van der Waals surface area (Å²) >= 11 is 17.5. The molecule has 0 aromatic heterocycles. The van der Waals surface area contributed by atoms with E-state index >= 15 is 0 Å². The van der Waals surface area contributed by atoms with Crippen LogP contribution in [-0.4, -0.2) is 11.2 Å². The van der Waals surface area contributed by atoms with Gasteiger partial charge in [-0.1, -0.05) is 40.9 Å². The second-order valence-corrected chi connectivity index (χ2v) is 4.19. The highest BCUT2D eigenvalue weighted by molar-refractivity contribution is 6.48. The lowest BCUT2D eigenvalue weighted by molar-refractivity contribution is 0.164. The zero-order valence-electron chi connectivity index (χ0n) is 7.47. The predicted molar refractivity (Wildman–Crippen MR) is 60.1 cm³/mol. The van der Waals surface area contributed by atoms with Crippen LogP contribution in [0.2, 0.25) is 15.1 Å². The number of hydrogen-bond donors (Lipinski definition) is 2. The third kappa shape index (κ3) is 2.33. The minimum absolute atomic E-state index is 0.266. The van der Waals surface area contributed by atoms with E-state index in [0.29, 0.717) is 15.6 Å². The van der Waals surface area contributed by atoms with Gasteiger partial charge in [-0.15, -0.1) is 0 Å². The Morgan fingerprint density at radius 2 is 1.79 bits per heavy atom. The average molecular weight is 255 g/mol. The van der Waals surface area contributed by atoms with Crippen molar-refractivity contribution in [3.63, 3.8) is 0 Å². The molecule has 3 N–H and O–H groups in total. The Morgan fingerprint density at radius 3 is 2.29 bits per heavy atom. The van der Waals surface area contributed by atoms with Crippen LogP contribution in [0.4, 0.5) is 0 Å². The Labute approximate surface area is 97.6 Å². The van der Waals surface area contributed by atoms with E-state index in [4.69, 9.17) is 40.5 Å². The third-order valence-corrected chi connectivity index (χ3v) is 3.25. The van der Waals surface area contributed by atoms with Crippen LogP contribution >= 0.6 is 34.8 Å². The lowest BCUT2D eigenvalue weighted by Crippen LogP contribution is -2.23. The molecule has 0 bridgehead atoms. The van der Waals surface area contributed by atoms with Crippen molar-refractivity contribution in [1.82, 2.24) is 0 Å². The number of rotatable bonds is 2. The van der Waals surface area contributed by atoms with E-state index in [1.54, 1.807) is 19.1 Å². The summed E-state index contributed by atoms with van der Waals surface area (Å²) in [5, 5.41) is 10.2. The van der Waals surface area contributed by atoms with Gasteiger partial charge in [0.15, 0.2) is 0 Å². The van der Waals surface area contributed by atoms with Crippen LogP contribution in [0.1, 0.15) is 18.5 Å². The van der Waals surface area contributed by atoms with Gasteiger partial charge in [0.25, 0.3) is 0 Å². The molecule has 1 aromatic carbocycles. The van der Waals surface area contributed by atoms with Gasteiger partial charge in [0.05, 0.1) is 27.2 Å². The van der Waals surface area contributed by atoms with E-state index in [1.807, 2.05) is 0 Å². The Hall–Kier alpha value is 0.01000. The zero-order valence-corrected chi connectivity index (χ0v) is 9.74. The Balaban J connectivity index is 3.17. The molecule has 0 radical (unpaired) electrons. The fraction of sp³-hybridized carbons (Fsp3) is 0.333. The van der Waals surface area contributed by atoms with Gasteiger partial charge in [-0.05, 0) is 18.6 Å². The number of nitrogens with two attached hydrogens (primary N) is 1. The fourth-order valence-electron chi connectivity index (χ4n) is 1.06. The Kier molecular flexibility index (Phi) is 4.04. The SMILES string of the molecule is C[C@@H](O)[C@H](N)c1ccc(Cl)c(Cl)c1Cl. The van der Waals surface area contributed by atoms with Gasteiger partial charge in [-0.25, -0.2) is 0 Å². The number of benzene rings is 1. The van der Waals surface area contributed by atoms with E-state index in [-0.39, 0.29) is 5.02 Å². The van der Waals surface area contributed by atoms with Crippen LogP contribution in [0.3, 0.4) is 0 Å². The second kappa shape index (κ2) is 4.69. The van der Waals surface area contributed by atoms with Gasteiger partial charge in [0.2, 0.25) is 0 Å². The summed E-state index contributed by atoms with van der Waals surface area (Å²) in [6.07, 6.45) is -0.690. The topological polar surface area (TPSA) is 46.2 Å². The van der Waals surface area contributed by atoms with E-state index in [0.717, 1.165) is 0 Å². The molecule has 0 spiro atoms. The van der Waals surface area contributed by atoms with E-state index < -0.39 is 12.1 Å². The summed E-state index contributed by atoms with van der Waals surface area (Å²) in [5.74, 6) is 0. The molecular formula is C9H10Cl3NO. The predicted octanol–water partition coefficient (Wildman–Crippen LogP) is 3.03. The lowest BCUT2D eigenvalue weighted by atomic mass is 10.0. The third-order valence-electron chi connectivity index (χ3n) is 1.94. The number of hydrogen-bond acceptors (Lipinski definition) is 2. The van der Waals surface area contributed by atoms with E-state index in [9.17, 15) is 5.11 Å². The van der Waals surface area contributed by atoms with Crippen LogP contribution in [0.15, 0.2) is 12.1 Å². The zero-order chi connectivity index (χ0) is 10.9. The highest BCUT2D eigenvalue weighted by Gasteiger charge is 2.18. The Bertz CT molecular complexity index is 341. The Morgan fingerprint density at radius 1 is 1.21 bits per heavy atom. The molecule has 5 heteroatoms. The minimum Gasteiger partial charge on any atom is -0.391 e. The van der Waals surface area contributed by atoms with Crippen molar-refractivity contribution in [3.8, 4) is 0 Å². The number of aliphatic hydroxyl groups excluding tert-OH is 1. The molecule has 0 heterocycles. The van der Waals surface area contributed by atoms with Crippen LogP contribution in [0.25, 0.3) is 0 Å². The van der Waals surface area contributed by atoms with Crippen LogP contribution in [0.5, 0.6) is 0 Å². The number of aliphatic hydroxyl groups is 1. The van der Waals surface area contributed by atoms with Crippen molar-refractivity contribution >= 4 is 34.8 Å². The molecule has 0 aliphatic heterocycles. The van der Waals surface area contributed by atoms with Gasteiger partial charge in [-0.3, -0.25) is 0 Å². The first-order valence-electron chi connectivity index (χ1n) is 4.02. The highest BCUT2D eigenvalue weighted by atomic mass is 35.5. The average Bonchev–Trinajstić information content (AvgIpc) is 2.13. The molecule has 0 saturated carbocycles. The maximum absolute atomic E-state index is 9.30. The molecule has 1 rings (SSSR count). The monoisotopic (exact) mass is 253 g/mol. The van der Waals surface area contributed by atoms with Gasteiger partial charge in [0.1, 0.15) is 0 Å². The summed E-state index contributed by atoms with van der Waals surface area (Å²) < 4.78 is 0. The first-order chi connectivity index (χ1) is 6.45. The van der Waals surface area contributed by atoms with Gasteiger partial charge < -0.3 is 10.8 Å². The van der Waals surface area contributed by atoms with Gasteiger partial charge in [0, 0.05) is 0 Å². The summed E-state index contributed by atoms with van der Waals surface area (Å²) in [7, 11) is 0. The normalized spacial score (nSPS) is 15.3. The first-order valence-corrected chi connectivity index (χ1v) is 5.15. The molecule has 14 heavy (non-hydrogen) atoms. The maximum Gasteiger partial charge on any atom is 0.0781 e. The lowest BCUT2D eigenvalue weighted by Gasteiger charge is -2.17. The van der Waals surface area contributed by atoms with Crippen molar-refractivity contribution < 1.29 is 5.11 Å². The molecule has 1 aromatic rings. The molecule has 0 amide bonds. The molecule has 78 valence electrons. The fourth-order valence-corrected chi connectivity index (χ4v) is 1.73. The summed E-state index contributed by atoms with van der Waals surface area (Å²) in [4.78, 5) is 0. The van der Waals surface area contributed by atoms with Crippen molar-refractivity contribution in [2.24, 2.45) is 5.73 Å². The smallest absolute Gasteiger partial charge is 0.0781 e. The summed E-state index contributed by atoms with van der Waals surface area (Å²) in [6, 6.07) is 2.71. The second-order valence-electron chi connectivity index (χ2n) is 3.03. The van der Waals surface area contributed by atoms with Crippen molar-refractivity contribution in [2.75, 3.05) is 0 Å². The standard InChI is InChI=1S/C9H10Cl3NO/c1-4(14)9(13)5-2-3-6(10)8(12)7(5)11/h2-4,9,14H,13H2,1H3/t4-,9+/m1/s1. The minimum atomic E-state index is -0.690. The molecule has 0 fully saturated rings. The quantitative estimate of drug-likeness (QED) is 0.797. The van der Waals surface area contributed by atoms with E-state index in [2.05, 4.69) is 0 Å². The molecular weight excluding hydrogens is 244 g/mol. The van der Waals surface area contributed by atoms with Gasteiger partial charge >= 0.3 is 0 Å². The van der Waals surface area contributed by atoms with Crippen molar-refractivity contribution in [1.29, 1.82) is 0 Å². The van der Waals surface area contributed by atoms with Crippen molar-refractivity contribution in [3.05, 3.63) is 32.8 Å². The molecule has 2 atom stereocenters. The van der Waals surface area contributed by atoms with Crippen LogP contribution in [-0.2, 0) is 0 Å². The van der Waals surface area contributed by atoms with E-state index in [1.165, 1.54) is 0 Å². The maximum atomic E-state index is 9.30. The molecule has 0 unspecified atom stereocenters. The highest BCUT2D eigenvalue weighted by Crippen LogP contribution is 2.35.